The highest BCUT2D eigenvalue weighted by Gasteiger charge is 2.48. The fraction of sp³-hybridized carbons (Fsp3) is 0.0909. The Kier molecular flexibility index (Phi) is 4.89. The third-order valence-electron chi connectivity index (χ3n) is 4.92. The Morgan fingerprint density at radius 2 is 1.73 bits per heavy atom. The fourth-order valence-corrected chi connectivity index (χ4v) is 3.57. The number of para-hydroxylation sites is 1. The summed E-state index contributed by atoms with van der Waals surface area (Å²) in [4.78, 5) is 38.0. The Bertz CT molecular complexity index is 1150. The van der Waals surface area contributed by atoms with Gasteiger partial charge in [0, 0.05) is 11.6 Å². The molecule has 1 atom stereocenters. The van der Waals surface area contributed by atoms with Gasteiger partial charge in [-0.2, -0.15) is 0 Å². The van der Waals surface area contributed by atoms with E-state index in [2.05, 4.69) is 0 Å². The third kappa shape index (κ3) is 3.24. The average Bonchev–Trinajstić information content (AvgIpc) is 3.36. The molecule has 3 aromatic rings. The summed E-state index contributed by atoms with van der Waals surface area (Å²) in [5.74, 6) is -1.77. The van der Waals surface area contributed by atoms with Crippen LogP contribution in [-0.4, -0.2) is 26.6 Å². The van der Waals surface area contributed by atoms with Gasteiger partial charge in [-0.3, -0.25) is 19.7 Å². The number of amides is 1. The second-order valence-corrected chi connectivity index (χ2v) is 6.69. The van der Waals surface area contributed by atoms with Crippen molar-refractivity contribution in [1.82, 2.24) is 4.90 Å². The summed E-state index contributed by atoms with van der Waals surface area (Å²) in [5.41, 5.74) is 0.00248. The number of ketones is 1. The van der Waals surface area contributed by atoms with Crippen LogP contribution in [0, 0.1) is 10.1 Å². The molecule has 1 fully saturated rings. The molecule has 0 radical (unpaired) electrons. The molecule has 1 aliphatic rings. The number of nitrogens with zero attached hydrogens (tertiary/aromatic N) is 2. The number of nitro benzene ring substituents is 1. The smallest absolute Gasteiger partial charge is 0.296 e. The van der Waals surface area contributed by atoms with Crippen LogP contribution in [0.4, 0.5) is 5.69 Å². The first-order valence-electron chi connectivity index (χ1n) is 9.08. The van der Waals surface area contributed by atoms with Crippen LogP contribution in [0.25, 0.3) is 5.76 Å². The van der Waals surface area contributed by atoms with Crippen molar-refractivity contribution in [2.24, 2.45) is 0 Å². The van der Waals surface area contributed by atoms with E-state index in [1.165, 1.54) is 29.4 Å². The first kappa shape index (κ1) is 19.1. The number of Topliss-reactive ketones (excluding diaryl/α,β-unsaturated/α-hetero) is 1. The summed E-state index contributed by atoms with van der Waals surface area (Å²) < 4.78 is 5.30. The van der Waals surface area contributed by atoms with Crippen molar-refractivity contribution in [1.29, 1.82) is 0 Å². The van der Waals surface area contributed by atoms with Crippen LogP contribution in [0.1, 0.15) is 22.9 Å². The maximum absolute atomic E-state index is 12.9. The topological polar surface area (TPSA) is 114 Å². The number of aliphatic hydroxyl groups excluding tert-OH is 1. The minimum atomic E-state index is -1.14. The van der Waals surface area contributed by atoms with Crippen molar-refractivity contribution in [2.75, 3.05) is 0 Å². The van der Waals surface area contributed by atoms with Crippen LogP contribution in [0.2, 0.25) is 0 Å². The van der Waals surface area contributed by atoms with Gasteiger partial charge in [-0.25, -0.2) is 0 Å². The molecule has 150 valence electrons. The van der Waals surface area contributed by atoms with Gasteiger partial charge in [-0.05, 0) is 18.2 Å². The molecule has 1 aliphatic heterocycles. The molecule has 0 saturated carbocycles. The highest BCUT2D eigenvalue weighted by Crippen LogP contribution is 2.43. The number of likely N-dealkylation sites (tertiary alicyclic amines) is 1. The molecule has 2 heterocycles. The van der Waals surface area contributed by atoms with E-state index < -0.39 is 22.7 Å². The Balaban J connectivity index is 1.94. The molecule has 1 aromatic heterocycles. The van der Waals surface area contributed by atoms with Crippen LogP contribution in [-0.2, 0) is 16.1 Å². The summed E-state index contributed by atoms with van der Waals surface area (Å²) in [6.07, 6.45) is 1.43. The molecule has 30 heavy (non-hydrogen) atoms. The quantitative estimate of drug-likeness (QED) is 0.227. The zero-order valence-corrected chi connectivity index (χ0v) is 15.6. The number of hydrogen-bond acceptors (Lipinski definition) is 6. The zero-order valence-electron chi connectivity index (χ0n) is 15.6. The summed E-state index contributed by atoms with van der Waals surface area (Å²) in [5, 5.41) is 22.5. The molecule has 2 aromatic carbocycles. The van der Waals surface area contributed by atoms with Crippen molar-refractivity contribution in [3.8, 4) is 0 Å². The van der Waals surface area contributed by atoms with Crippen LogP contribution >= 0.6 is 0 Å². The lowest BCUT2D eigenvalue weighted by Gasteiger charge is -2.24. The standard InChI is InChI=1S/C22H16N2O6/c25-20(14-7-2-1-3-8-14)18-19(16-10-4-5-11-17(16)24(28)29)23(22(27)21(18)26)13-15-9-6-12-30-15/h1-12,19,25H,13H2/b20-18+. The monoisotopic (exact) mass is 404 g/mol. The van der Waals surface area contributed by atoms with Crippen LogP contribution < -0.4 is 0 Å². The number of hydrogen-bond donors (Lipinski definition) is 1. The molecule has 0 spiro atoms. The van der Waals surface area contributed by atoms with E-state index in [0.29, 0.717) is 11.3 Å². The second-order valence-electron chi connectivity index (χ2n) is 6.69. The first-order valence-corrected chi connectivity index (χ1v) is 9.08. The van der Waals surface area contributed by atoms with Gasteiger partial charge in [-0.1, -0.05) is 42.5 Å². The van der Waals surface area contributed by atoms with Gasteiger partial charge in [0.2, 0.25) is 0 Å². The number of rotatable bonds is 5. The normalized spacial score (nSPS) is 18.0. The highest BCUT2D eigenvalue weighted by atomic mass is 16.6. The minimum absolute atomic E-state index is 0.0835. The summed E-state index contributed by atoms with van der Waals surface area (Å²) in [6, 6.07) is 16.2. The molecule has 8 heteroatoms. The maximum atomic E-state index is 12.9. The lowest BCUT2D eigenvalue weighted by molar-refractivity contribution is -0.385. The summed E-state index contributed by atoms with van der Waals surface area (Å²) >= 11 is 0. The number of carbonyl (C=O) groups excluding carboxylic acids is 2. The fourth-order valence-electron chi connectivity index (χ4n) is 3.57. The molecular weight excluding hydrogens is 388 g/mol. The van der Waals surface area contributed by atoms with E-state index in [1.807, 2.05) is 0 Å². The van der Waals surface area contributed by atoms with Crippen LogP contribution in [0.3, 0.4) is 0 Å². The van der Waals surface area contributed by atoms with Crippen molar-refractivity contribution < 1.29 is 24.0 Å². The Hall–Kier alpha value is -4.20. The van der Waals surface area contributed by atoms with Gasteiger partial charge in [-0.15, -0.1) is 0 Å². The number of benzene rings is 2. The van der Waals surface area contributed by atoms with E-state index >= 15 is 0 Å². The Labute approximate surface area is 170 Å². The predicted octanol–water partition coefficient (Wildman–Crippen LogP) is 3.81. The van der Waals surface area contributed by atoms with Gasteiger partial charge in [0.05, 0.1) is 34.9 Å². The molecule has 1 saturated heterocycles. The van der Waals surface area contributed by atoms with Gasteiger partial charge in [0.25, 0.3) is 17.4 Å². The molecular formula is C22H16N2O6. The predicted molar refractivity (Wildman–Crippen MR) is 106 cm³/mol. The molecule has 1 unspecified atom stereocenters. The Morgan fingerprint density at radius 3 is 2.40 bits per heavy atom. The number of aliphatic hydroxyl groups is 1. The van der Waals surface area contributed by atoms with Gasteiger partial charge in [0.15, 0.2) is 0 Å². The van der Waals surface area contributed by atoms with E-state index in [1.54, 1.807) is 48.5 Å². The third-order valence-corrected chi connectivity index (χ3v) is 4.92. The molecule has 0 aliphatic carbocycles. The first-order chi connectivity index (χ1) is 14.5. The van der Waals surface area contributed by atoms with Crippen molar-refractivity contribution in [3.05, 3.63) is 106 Å². The van der Waals surface area contributed by atoms with Gasteiger partial charge < -0.3 is 14.4 Å². The van der Waals surface area contributed by atoms with E-state index in [9.17, 15) is 24.8 Å². The molecule has 8 nitrogen and oxygen atoms in total. The molecule has 1 amide bonds. The van der Waals surface area contributed by atoms with Gasteiger partial charge >= 0.3 is 0 Å². The molecule has 1 N–H and O–H groups in total. The van der Waals surface area contributed by atoms with Crippen molar-refractivity contribution in [3.63, 3.8) is 0 Å². The Morgan fingerprint density at radius 1 is 1.03 bits per heavy atom. The van der Waals surface area contributed by atoms with Crippen LogP contribution in [0.15, 0.2) is 83.0 Å². The van der Waals surface area contributed by atoms with E-state index in [4.69, 9.17) is 4.42 Å². The largest absolute Gasteiger partial charge is 0.507 e. The van der Waals surface area contributed by atoms with Crippen molar-refractivity contribution >= 4 is 23.1 Å². The lowest BCUT2D eigenvalue weighted by Crippen LogP contribution is -2.29. The van der Waals surface area contributed by atoms with E-state index in [0.717, 1.165) is 0 Å². The van der Waals surface area contributed by atoms with Crippen LogP contribution in [0.5, 0.6) is 0 Å². The maximum Gasteiger partial charge on any atom is 0.296 e. The number of furan rings is 1. The summed E-state index contributed by atoms with van der Waals surface area (Å²) in [7, 11) is 0. The highest BCUT2D eigenvalue weighted by molar-refractivity contribution is 6.46. The molecule has 0 bridgehead atoms. The lowest BCUT2D eigenvalue weighted by atomic mass is 9.94. The average molecular weight is 404 g/mol. The molecule has 4 rings (SSSR count). The number of nitro groups is 1. The SMILES string of the molecule is O=C1C(=O)N(Cc2ccco2)C(c2ccccc2[N+](=O)[O-])/C1=C(\O)c1ccccc1. The van der Waals surface area contributed by atoms with Gasteiger partial charge in [0.1, 0.15) is 11.5 Å². The summed E-state index contributed by atoms with van der Waals surface area (Å²) in [6.45, 7) is -0.0835. The minimum Gasteiger partial charge on any atom is -0.507 e. The second kappa shape index (κ2) is 7.67. The zero-order chi connectivity index (χ0) is 21.3. The van der Waals surface area contributed by atoms with Crippen molar-refractivity contribution in [2.45, 2.75) is 12.6 Å². The number of carbonyl (C=O) groups is 2. The van der Waals surface area contributed by atoms with E-state index in [-0.39, 0.29) is 29.1 Å².